The van der Waals surface area contributed by atoms with Gasteiger partial charge in [-0.2, -0.15) is 13.2 Å². The van der Waals surface area contributed by atoms with Crippen molar-refractivity contribution in [3.8, 4) is 11.1 Å². The van der Waals surface area contributed by atoms with Crippen molar-refractivity contribution in [3.63, 3.8) is 0 Å². The molecule has 0 aliphatic carbocycles. The molecule has 1 amide bonds. The molecule has 0 aliphatic heterocycles. The maximum Gasteiger partial charge on any atom is 0.416 e. The molecule has 1 aromatic carbocycles. The Morgan fingerprint density at radius 3 is 2.48 bits per heavy atom. The topological polar surface area (TPSA) is 83.8 Å². The number of carbonyl (C=O) groups is 1. The molecule has 9 heteroatoms. The van der Waals surface area contributed by atoms with Gasteiger partial charge in [-0.15, -0.1) is 11.3 Å². The van der Waals surface area contributed by atoms with E-state index in [1.807, 2.05) is 17.6 Å². The van der Waals surface area contributed by atoms with Crippen molar-refractivity contribution in [1.82, 2.24) is 9.97 Å². The molecule has 0 saturated heterocycles. The molecular weight excluding hydrogens is 401 g/mol. The Hall–Kier alpha value is -3.33. The molecule has 29 heavy (non-hydrogen) atoms. The standard InChI is InChI=1S/C19H14F3N3S.CH3NO/c1-11-15(6-7-26-11)12-8-16-17(10-24-18(16)23-9-12)25-14-4-2-13(3-5-14)19(20,21)22;2-1-3/h2-10,25H,1H3,(H,23,24);1H,(H2,2,3). The Labute approximate surface area is 168 Å². The quantitative estimate of drug-likeness (QED) is 0.386. The summed E-state index contributed by atoms with van der Waals surface area (Å²) in [5.74, 6) is 0. The van der Waals surface area contributed by atoms with E-state index in [1.165, 1.54) is 17.0 Å². The number of nitrogens with two attached hydrogens (primary N) is 1. The second kappa shape index (κ2) is 8.36. The molecule has 5 nitrogen and oxygen atoms in total. The van der Waals surface area contributed by atoms with Crippen molar-refractivity contribution >= 4 is 40.2 Å². The fraction of sp³-hybridized carbons (Fsp3) is 0.100. The highest BCUT2D eigenvalue weighted by Crippen LogP contribution is 2.33. The maximum atomic E-state index is 12.7. The number of amides is 1. The van der Waals surface area contributed by atoms with Crippen molar-refractivity contribution in [2.24, 2.45) is 5.73 Å². The van der Waals surface area contributed by atoms with Crippen molar-refractivity contribution in [3.05, 3.63) is 64.6 Å². The smallest absolute Gasteiger partial charge is 0.372 e. The first-order valence-corrected chi connectivity index (χ1v) is 9.32. The number of anilines is 2. The fourth-order valence-corrected chi connectivity index (χ4v) is 3.56. The number of nitrogens with one attached hydrogen (secondary N) is 2. The lowest BCUT2D eigenvalue weighted by Gasteiger charge is -2.09. The summed E-state index contributed by atoms with van der Waals surface area (Å²) in [5.41, 5.74) is 7.70. The van der Waals surface area contributed by atoms with Crippen molar-refractivity contribution in [2.45, 2.75) is 13.1 Å². The average Bonchev–Trinajstić information content (AvgIpc) is 3.28. The SMILES string of the molecule is Cc1sccc1-c1cnc2[nH]cc(Nc3ccc(C(F)(F)F)cc3)c2c1.NC=O. The number of hydrogen-bond donors (Lipinski definition) is 3. The molecule has 150 valence electrons. The number of pyridine rings is 1. The highest BCUT2D eigenvalue weighted by Gasteiger charge is 2.29. The van der Waals surface area contributed by atoms with Crippen molar-refractivity contribution in [2.75, 3.05) is 5.32 Å². The number of hydrogen-bond acceptors (Lipinski definition) is 4. The number of nitrogens with zero attached hydrogens (tertiary/aromatic N) is 1. The molecule has 0 bridgehead atoms. The minimum atomic E-state index is -4.34. The zero-order valence-corrected chi connectivity index (χ0v) is 16.1. The minimum absolute atomic E-state index is 0.250. The Morgan fingerprint density at radius 1 is 1.21 bits per heavy atom. The van der Waals surface area contributed by atoms with Gasteiger partial charge in [0.2, 0.25) is 6.41 Å². The molecule has 4 rings (SSSR count). The number of thiophene rings is 1. The molecule has 3 heterocycles. The molecule has 4 N–H and O–H groups in total. The van der Waals surface area contributed by atoms with E-state index in [-0.39, 0.29) is 6.41 Å². The highest BCUT2D eigenvalue weighted by molar-refractivity contribution is 7.10. The van der Waals surface area contributed by atoms with Crippen LogP contribution in [0.2, 0.25) is 0 Å². The summed E-state index contributed by atoms with van der Waals surface area (Å²) in [4.78, 5) is 17.3. The summed E-state index contributed by atoms with van der Waals surface area (Å²) in [5, 5.41) is 6.07. The maximum absolute atomic E-state index is 12.7. The van der Waals surface area contributed by atoms with E-state index in [0.29, 0.717) is 5.69 Å². The van der Waals surface area contributed by atoms with Crippen LogP contribution in [0.1, 0.15) is 10.4 Å². The van der Waals surface area contributed by atoms with Gasteiger partial charge in [-0.3, -0.25) is 4.79 Å². The summed E-state index contributed by atoms with van der Waals surface area (Å²) in [6.45, 7) is 2.06. The monoisotopic (exact) mass is 418 g/mol. The molecule has 3 aromatic heterocycles. The summed E-state index contributed by atoms with van der Waals surface area (Å²) in [6, 6.07) is 9.05. The molecule has 0 saturated carbocycles. The van der Waals surface area contributed by atoms with Gasteiger partial charge in [0.15, 0.2) is 0 Å². The second-order valence-electron chi connectivity index (χ2n) is 6.05. The number of halogens is 3. The molecular formula is C20H17F3N4OS. The van der Waals surface area contributed by atoms with E-state index >= 15 is 0 Å². The van der Waals surface area contributed by atoms with Crippen LogP contribution in [0.15, 0.2) is 54.2 Å². The van der Waals surface area contributed by atoms with E-state index in [4.69, 9.17) is 4.79 Å². The predicted molar refractivity (Wildman–Crippen MR) is 109 cm³/mol. The van der Waals surface area contributed by atoms with Gasteiger partial charge in [0.05, 0.1) is 11.3 Å². The number of H-pyrrole nitrogens is 1. The number of fused-ring (bicyclic) bond motifs is 1. The van der Waals surface area contributed by atoms with Crippen LogP contribution in [0.5, 0.6) is 0 Å². The second-order valence-corrected chi connectivity index (χ2v) is 7.17. The lowest BCUT2D eigenvalue weighted by molar-refractivity contribution is -0.137. The number of carbonyl (C=O) groups excluding carboxylic acids is 1. The van der Waals surface area contributed by atoms with E-state index in [0.717, 1.165) is 40.0 Å². The lowest BCUT2D eigenvalue weighted by atomic mass is 10.1. The Bertz CT molecular complexity index is 1120. The first kappa shape index (κ1) is 20.4. The van der Waals surface area contributed by atoms with E-state index < -0.39 is 11.7 Å². The molecule has 0 unspecified atom stereocenters. The van der Waals surface area contributed by atoms with Crippen LogP contribution in [-0.4, -0.2) is 16.4 Å². The third-order valence-corrected chi connectivity index (χ3v) is 5.04. The van der Waals surface area contributed by atoms with Gasteiger partial charge in [-0.1, -0.05) is 0 Å². The molecule has 0 aliphatic rings. The fourth-order valence-electron chi connectivity index (χ4n) is 2.84. The van der Waals surface area contributed by atoms with E-state index in [1.54, 1.807) is 17.5 Å². The summed E-state index contributed by atoms with van der Waals surface area (Å²) in [6.07, 6.45) is -0.508. The van der Waals surface area contributed by atoms with Crippen LogP contribution in [0.25, 0.3) is 22.2 Å². The van der Waals surface area contributed by atoms with Crippen LogP contribution in [0.4, 0.5) is 24.5 Å². The summed E-state index contributed by atoms with van der Waals surface area (Å²) in [7, 11) is 0. The van der Waals surface area contributed by atoms with Gasteiger partial charge in [0.25, 0.3) is 0 Å². The lowest BCUT2D eigenvalue weighted by Crippen LogP contribution is -2.04. The summed E-state index contributed by atoms with van der Waals surface area (Å²) >= 11 is 1.67. The largest absolute Gasteiger partial charge is 0.416 e. The van der Waals surface area contributed by atoms with Crippen molar-refractivity contribution in [1.29, 1.82) is 0 Å². The van der Waals surface area contributed by atoms with Gasteiger partial charge in [0.1, 0.15) is 5.65 Å². The van der Waals surface area contributed by atoms with Crippen LogP contribution >= 0.6 is 11.3 Å². The van der Waals surface area contributed by atoms with Crippen molar-refractivity contribution < 1.29 is 18.0 Å². The summed E-state index contributed by atoms with van der Waals surface area (Å²) < 4.78 is 38.1. The van der Waals surface area contributed by atoms with Crippen LogP contribution in [0.3, 0.4) is 0 Å². The number of aryl methyl sites for hydroxylation is 1. The number of rotatable bonds is 3. The van der Waals surface area contributed by atoms with Gasteiger partial charge in [-0.25, -0.2) is 4.98 Å². The molecule has 0 atom stereocenters. The number of benzene rings is 1. The number of aromatic amines is 1. The third kappa shape index (κ3) is 4.57. The number of alkyl halides is 3. The molecule has 0 radical (unpaired) electrons. The van der Waals surface area contributed by atoms with Crippen LogP contribution in [-0.2, 0) is 11.0 Å². The van der Waals surface area contributed by atoms with E-state index in [9.17, 15) is 13.2 Å². The molecule has 4 aromatic rings. The average molecular weight is 418 g/mol. The highest BCUT2D eigenvalue weighted by atomic mass is 32.1. The van der Waals surface area contributed by atoms with Gasteiger partial charge in [-0.05, 0) is 54.3 Å². The molecule has 0 fully saturated rings. The van der Waals surface area contributed by atoms with Crippen LogP contribution < -0.4 is 11.1 Å². The first-order chi connectivity index (χ1) is 13.8. The minimum Gasteiger partial charge on any atom is -0.372 e. The predicted octanol–water partition coefficient (Wildman–Crippen LogP) is 5.46. The van der Waals surface area contributed by atoms with E-state index in [2.05, 4.69) is 34.0 Å². The third-order valence-electron chi connectivity index (χ3n) is 4.19. The Kier molecular flexibility index (Phi) is 5.88. The van der Waals surface area contributed by atoms with Crippen LogP contribution in [0, 0.1) is 6.92 Å². The van der Waals surface area contributed by atoms with Gasteiger partial charge < -0.3 is 16.0 Å². The van der Waals surface area contributed by atoms with Gasteiger partial charge in [0, 0.05) is 33.9 Å². The zero-order valence-electron chi connectivity index (χ0n) is 15.2. The molecule has 0 spiro atoms. The number of primary amides is 1. The first-order valence-electron chi connectivity index (χ1n) is 8.44. The Morgan fingerprint density at radius 2 is 1.90 bits per heavy atom. The number of aromatic nitrogens is 2. The zero-order chi connectivity index (χ0) is 21.0. The van der Waals surface area contributed by atoms with Gasteiger partial charge >= 0.3 is 6.18 Å². The Balaban J connectivity index is 0.000000755. The normalized spacial score (nSPS) is 11.0.